The predicted molar refractivity (Wildman–Crippen MR) is 122 cm³/mol. The Kier molecular flexibility index (Phi) is 7.13. The highest BCUT2D eigenvalue weighted by Gasteiger charge is 2.33. The van der Waals surface area contributed by atoms with Gasteiger partial charge < -0.3 is 19.3 Å². The molecule has 2 aliphatic heterocycles. The first-order chi connectivity index (χ1) is 16.0. The van der Waals surface area contributed by atoms with Crippen LogP contribution in [0.2, 0.25) is 0 Å². The third-order valence-electron chi connectivity index (χ3n) is 6.49. The molecule has 1 atom stereocenters. The van der Waals surface area contributed by atoms with Gasteiger partial charge in [0.15, 0.2) is 0 Å². The lowest BCUT2D eigenvalue weighted by Gasteiger charge is -2.36. The van der Waals surface area contributed by atoms with Gasteiger partial charge in [0.1, 0.15) is 17.3 Å². The van der Waals surface area contributed by atoms with Gasteiger partial charge in [0.2, 0.25) is 5.91 Å². The molecule has 2 fully saturated rings. The second-order valence-corrected chi connectivity index (χ2v) is 8.40. The summed E-state index contributed by atoms with van der Waals surface area (Å²) in [5.74, 6) is 0.745. The lowest BCUT2D eigenvalue weighted by atomic mass is 10.0. The third-order valence-corrected chi connectivity index (χ3v) is 6.49. The molecule has 0 aliphatic carbocycles. The van der Waals surface area contributed by atoms with Crippen LogP contribution in [0.1, 0.15) is 34.8 Å². The second-order valence-electron chi connectivity index (χ2n) is 8.40. The molecule has 0 saturated carbocycles. The Bertz CT molecular complexity index is 1010. The van der Waals surface area contributed by atoms with Crippen molar-refractivity contribution in [1.82, 2.24) is 14.7 Å². The minimum atomic E-state index is -0.506. The highest BCUT2D eigenvalue weighted by atomic mass is 19.1. The number of hydrogen-bond donors (Lipinski definition) is 0. The summed E-state index contributed by atoms with van der Waals surface area (Å²) in [6.07, 6.45) is 1.81. The van der Waals surface area contributed by atoms with Crippen LogP contribution in [0.25, 0.3) is 0 Å². The highest BCUT2D eigenvalue weighted by Crippen LogP contribution is 2.39. The molecule has 2 aromatic rings. The molecule has 2 amide bonds. The monoisotopic (exact) mass is 455 g/mol. The van der Waals surface area contributed by atoms with E-state index in [0.29, 0.717) is 39.3 Å². The minimum absolute atomic E-state index is 0.0496. The van der Waals surface area contributed by atoms with Crippen molar-refractivity contribution in [3.05, 3.63) is 59.4 Å². The van der Waals surface area contributed by atoms with Crippen LogP contribution >= 0.6 is 0 Å². The zero-order chi connectivity index (χ0) is 23.4. The van der Waals surface area contributed by atoms with E-state index in [9.17, 15) is 14.0 Å². The number of benzene rings is 2. The first kappa shape index (κ1) is 23.0. The van der Waals surface area contributed by atoms with E-state index in [1.165, 1.54) is 12.1 Å². The summed E-state index contributed by atoms with van der Waals surface area (Å²) in [5.41, 5.74) is 1.05. The molecule has 7 nitrogen and oxygen atoms in total. The van der Waals surface area contributed by atoms with Gasteiger partial charge in [-0.2, -0.15) is 0 Å². The van der Waals surface area contributed by atoms with E-state index in [2.05, 4.69) is 4.90 Å². The molecule has 176 valence electrons. The van der Waals surface area contributed by atoms with Crippen molar-refractivity contribution in [3.63, 3.8) is 0 Å². The molecule has 33 heavy (non-hydrogen) atoms. The summed E-state index contributed by atoms with van der Waals surface area (Å²) >= 11 is 0. The third kappa shape index (κ3) is 4.95. The summed E-state index contributed by atoms with van der Waals surface area (Å²) in [6, 6.07) is 11.7. The number of amides is 2. The van der Waals surface area contributed by atoms with Crippen LogP contribution in [0.4, 0.5) is 4.39 Å². The van der Waals surface area contributed by atoms with E-state index in [4.69, 9.17) is 9.47 Å². The van der Waals surface area contributed by atoms with Gasteiger partial charge in [-0.05, 0) is 43.2 Å². The second kappa shape index (κ2) is 10.2. The Hall–Kier alpha value is -3.13. The number of likely N-dealkylation sites (tertiary alicyclic amines) is 1. The standard InChI is InChI=1S/C25H30FN3O4/c1-32-18-9-10-23(33-2)20(16-18)22-8-5-11-29(22)24(30)17-27-12-14-28(15-13-27)25(31)19-6-3-4-7-21(19)26/h3-4,6-7,9-10,16,22H,5,8,11-15,17H2,1-2H3. The van der Waals surface area contributed by atoms with Crippen molar-refractivity contribution in [2.75, 3.05) is 53.5 Å². The molecule has 2 heterocycles. The Labute approximate surface area is 193 Å². The van der Waals surface area contributed by atoms with Crippen molar-refractivity contribution in [2.45, 2.75) is 18.9 Å². The van der Waals surface area contributed by atoms with Crippen molar-refractivity contribution < 1.29 is 23.5 Å². The van der Waals surface area contributed by atoms with E-state index in [0.717, 1.165) is 29.9 Å². The quantitative estimate of drug-likeness (QED) is 0.670. The maximum absolute atomic E-state index is 14.0. The number of rotatable bonds is 6. The van der Waals surface area contributed by atoms with Gasteiger partial charge in [0.25, 0.3) is 5.91 Å². The maximum Gasteiger partial charge on any atom is 0.256 e. The van der Waals surface area contributed by atoms with Crippen molar-refractivity contribution in [1.29, 1.82) is 0 Å². The van der Waals surface area contributed by atoms with E-state index in [-0.39, 0.29) is 23.4 Å². The Morgan fingerprint density at radius 3 is 2.45 bits per heavy atom. The molecule has 0 radical (unpaired) electrons. The highest BCUT2D eigenvalue weighted by molar-refractivity contribution is 5.94. The van der Waals surface area contributed by atoms with Crippen LogP contribution in [-0.2, 0) is 4.79 Å². The fraction of sp³-hybridized carbons (Fsp3) is 0.440. The first-order valence-electron chi connectivity index (χ1n) is 11.3. The summed E-state index contributed by atoms with van der Waals surface area (Å²) in [7, 11) is 3.26. The molecule has 2 aromatic carbocycles. The number of hydrogen-bond acceptors (Lipinski definition) is 5. The van der Waals surface area contributed by atoms with E-state index in [1.807, 2.05) is 23.1 Å². The van der Waals surface area contributed by atoms with Crippen LogP contribution in [0.15, 0.2) is 42.5 Å². The molecule has 8 heteroatoms. The smallest absolute Gasteiger partial charge is 0.256 e. The van der Waals surface area contributed by atoms with Crippen LogP contribution in [-0.4, -0.2) is 80.0 Å². The predicted octanol–water partition coefficient (Wildman–Crippen LogP) is 2.96. The van der Waals surface area contributed by atoms with Gasteiger partial charge in [-0.15, -0.1) is 0 Å². The molecule has 1 unspecified atom stereocenters. The maximum atomic E-state index is 14.0. The molecule has 4 rings (SSSR count). The van der Waals surface area contributed by atoms with Crippen LogP contribution in [0.3, 0.4) is 0 Å². The zero-order valence-corrected chi connectivity index (χ0v) is 19.1. The Balaban J connectivity index is 1.37. The topological polar surface area (TPSA) is 62.3 Å². The largest absolute Gasteiger partial charge is 0.497 e. The SMILES string of the molecule is COc1ccc(OC)c(C2CCCN2C(=O)CN2CCN(C(=O)c3ccccc3F)CC2)c1. The van der Waals surface area contributed by atoms with Gasteiger partial charge in [0.05, 0.1) is 32.4 Å². The van der Waals surface area contributed by atoms with E-state index in [1.54, 1.807) is 31.3 Å². The fourth-order valence-electron chi connectivity index (χ4n) is 4.68. The summed E-state index contributed by atoms with van der Waals surface area (Å²) < 4.78 is 24.9. The van der Waals surface area contributed by atoms with Crippen LogP contribution in [0, 0.1) is 5.82 Å². The molecular formula is C25H30FN3O4. The normalized spacial score (nSPS) is 18.9. The van der Waals surface area contributed by atoms with Crippen LogP contribution < -0.4 is 9.47 Å². The first-order valence-corrected chi connectivity index (χ1v) is 11.3. The molecule has 0 spiro atoms. The van der Waals surface area contributed by atoms with Gasteiger partial charge in [-0.1, -0.05) is 12.1 Å². The number of carbonyl (C=O) groups is 2. The van der Waals surface area contributed by atoms with E-state index < -0.39 is 5.82 Å². The number of ether oxygens (including phenoxy) is 2. The number of carbonyl (C=O) groups excluding carboxylic acids is 2. The Morgan fingerprint density at radius 2 is 1.76 bits per heavy atom. The average Bonchev–Trinajstić information content (AvgIpc) is 3.34. The number of piperazine rings is 1. The van der Waals surface area contributed by atoms with Crippen LogP contribution in [0.5, 0.6) is 11.5 Å². The average molecular weight is 456 g/mol. The molecule has 0 N–H and O–H groups in total. The molecule has 0 aromatic heterocycles. The lowest BCUT2D eigenvalue weighted by Crippen LogP contribution is -2.51. The Morgan fingerprint density at radius 1 is 1.00 bits per heavy atom. The molecule has 0 bridgehead atoms. The molecular weight excluding hydrogens is 425 g/mol. The van der Waals surface area contributed by atoms with E-state index >= 15 is 0 Å². The zero-order valence-electron chi connectivity index (χ0n) is 19.1. The summed E-state index contributed by atoms with van der Waals surface area (Å²) in [6.45, 7) is 3.08. The number of nitrogens with zero attached hydrogens (tertiary/aromatic N) is 3. The van der Waals surface area contributed by atoms with Crippen molar-refractivity contribution >= 4 is 11.8 Å². The van der Waals surface area contributed by atoms with Crippen molar-refractivity contribution in [2.24, 2.45) is 0 Å². The van der Waals surface area contributed by atoms with Gasteiger partial charge >= 0.3 is 0 Å². The lowest BCUT2D eigenvalue weighted by molar-refractivity contribution is -0.133. The van der Waals surface area contributed by atoms with Crippen molar-refractivity contribution in [3.8, 4) is 11.5 Å². The molecule has 2 aliphatic rings. The van der Waals surface area contributed by atoms with Gasteiger partial charge in [0, 0.05) is 38.3 Å². The van der Waals surface area contributed by atoms with Gasteiger partial charge in [-0.3, -0.25) is 14.5 Å². The summed E-state index contributed by atoms with van der Waals surface area (Å²) in [5, 5.41) is 0. The number of halogens is 1. The molecule has 2 saturated heterocycles. The minimum Gasteiger partial charge on any atom is -0.497 e. The summed E-state index contributed by atoms with van der Waals surface area (Å²) in [4.78, 5) is 31.5. The fourth-order valence-corrected chi connectivity index (χ4v) is 4.68. The number of methoxy groups -OCH3 is 2. The van der Waals surface area contributed by atoms with Gasteiger partial charge in [-0.25, -0.2) is 4.39 Å².